The lowest BCUT2D eigenvalue weighted by atomic mass is 9.84. The summed E-state index contributed by atoms with van der Waals surface area (Å²) in [6.45, 7) is 8.04. The van der Waals surface area contributed by atoms with E-state index in [0.717, 1.165) is 36.1 Å². The van der Waals surface area contributed by atoms with E-state index in [2.05, 4.69) is 16.8 Å². The van der Waals surface area contributed by atoms with Crippen molar-refractivity contribution < 1.29 is 24.5 Å². The summed E-state index contributed by atoms with van der Waals surface area (Å²) in [4.78, 5) is 17.7. The van der Waals surface area contributed by atoms with Gasteiger partial charge in [-0.05, 0) is 45.1 Å². The third kappa shape index (κ3) is 6.37. The first-order chi connectivity index (χ1) is 15.9. The second-order valence-electron chi connectivity index (χ2n) is 8.92. The van der Waals surface area contributed by atoms with Crippen molar-refractivity contribution in [3.8, 4) is 5.75 Å². The van der Waals surface area contributed by atoms with Crippen LogP contribution in [0.5, 0.6) is 5.75 Å². The molecule has 1 aliphatic rings. The van der Waals surface area contributed by atoms with Gasteiger partial charge in [-0.1, -0.05) is 43.7 Å². The summed E-state index contributed by atoms with van der Waals surface area (Å²) in [5, 5.41) is 21.7. The van der Waals surface area contributed by atoms with E-state index in [9.17, 15) is 15.0 Å². The van der Waals surface area contributed by atoms with Crippen molar-refractivity contribution in [2.24, 2.45) is 0 Å². The number of rotatable bonds is 11. The summed E-state index contributed by atoms with van der Waals surface area (Å²) in [7, 11) is 0. The van der Waals surface area contributed by atoms with Crippen molar-refractivity contribution in [2.75, 3.05) is 32.8 Å². The fraction of sp³-hybridized carbons (Fsp3) is 0.577. The Morgan fingerprint density at radius 1 is 1.21 bits per heavy atom. The van der Waals surface area contributed by atoms with Crippen LogP contribution in [-0.2, 0) is 16.8 Å². The topological polar surface area (TPSA) is 95.0 Å². The fourth-order valence-electron chi connectivity index (χ4n) is 4.47. The lowest BCUT2D eigenvalue weighted by molar-refractivity contribution is -0.0372. The number of aromatic amines is 1. The maximum absolute atomic E-state index is 12.4. The second-order valence-corrected chi connectivity index (χ2v) is 8.92. The average Bonchev–Trinajstić information content (AvgIpc) is 3.14. The molecule has 7 nitrogen and oxygen atoms in total. The number of hydrogen-bond donors (Lipinski definition) is 3. The zero-order valence-corrected chi connectivity index (χ0v) is 20.1. The summed E-state index contributed by atoms with van der Waals surface area (Å²) >= 11 is 0. The predicted octanol–water partition coefficient (Wildman–Crippen LogP) is 3.57. The highest BCUT2D eigenvalue weighted by Crippen LogP contribution is 2.33. The molecule has 0 aliphatic carbocycles. The number of aromatic nitrogens is 1. The van der Waals surface area contributed by atoms with Crippen molar-refractivity contribution in [1.29, 1.82) is 0 Å². The van der Waals surface area contributed by atoms with Crippen molar-refractivity contribution in [3.63, 3.8) is 0 Å². The number of carbonyl (C=O) groups is 1. The van der Waals surface area contributed by atoms with Gasteiger partial charge >= 0.3 is 5.97 Å². The lowest BCUT2D eigenvalue weighted by Crippen LogP contribution is -2.46. The first-order valence-electron chi connectivity index (χ1n) is 12.1. The van der Waals surface area contributed by atoms with Crippen LogP contribution in [0.3, 0.4) is 0 Å². The highest BCUT2D eigenvalue weighted by atomic mass is 16.5. The van der Waals surface area contributed by atoms with Gasteiger partial charge in [0.2, 0.25) is 0 Å². The van der Waals surface area contributed by atoms with Crippen LogP contribution in [0.4, 0.5) is 0 Å². The Hall–Kier alpha value is -2.35. The van der Waals surface area contributed by atoms with Crippen LogP contribution in [0.2, 0.25) is 0 Å². The first kappa shape index (κ1) is 25.3. The maximum Gasteiger partial charge on any atom is 0.358 e. The molecule has 1 aromatic carbocycles. The summed E-state index contributed by atoms with van der Waals surface area (Å²) in [5.41, 5.74) is 2.32. The van der Waals surface area contributed by atoms with Gasteiger partial charge in [0.15, 0.2) is 11.4 Å². The van der Waals surface area contributed by atoms with E-state index in [1.807, 2.05) is 37.3 Å². The molecule has 182 valence electrons. The predicted molar refractivity (Wildman–Crippen MR) is 128 cm³/mol. The SMILES string of the molecule is CCCCc1c(C)[nH]c(C(=O)OCC)c1OCC(O)CN1CCC(O)(c2ccccc2)CC1. The van der Waals surface area contributed by atoms with Crippen LogP contribution in [0.25, 0.3) is 0 Å². The van der Waals surface area contributed by atoms with Gasteiger partial charge in [-0.3, -0.25) is 0 Å². The largest absolute Gasteiger partial charge is 0.488 e. The number of hydrogen-bond acceptors (Lipinski definition) is 6. The van der Waals surface area contributed by atoms with Crippen molar-refractivity contribution in [1.82, 2.24) is 9.88 Å². The number of esters is 1. The van der Waals surface area contributed by atoms with Gasteiger partial charge in [-0.25, -0.2) is 4.79 Å². The molecule has 3 rings (SSSR count). The van der Waals surface area contributed by atoms with Gasteiger partial charge < -0.3 is 29.6 Å². The van der Waals surface area contributed by atoms with Crippen molar-refractivity contribution in [2.45, 2.75) is 64.6 Å². The Morgan fingerprint density at radius 3 is 2.55 bits per heavy atom. The van der Waals surface area contributed by atoms with E-state index in [-0.39, 0.29) is 13.2 Å². The third-order valence-corrected chi connectivity index (χ3v) is 6.41. The zero-order chi connectivity index (χ0) is 23.8. The van der Waals surface area contributed by atoms with E-state index in [1.54, 1.807) is 6.92 Å². The number of H-pyrrole nitrogens is 1. The number of unbranched alkanes of at least 4 members (excludes halogenated alkanes) is 1. The quantitative estimate of drug-likeness (QED) is 0.446. The Kier molecular flexibility index (Phi) is 8.95. The Bertz CT molecular complexity index is 888. The molecule has 7 heteroatoms. The van der Waals surface area contributed by atoms with Crippen LogP contribution in [0.15, 0.2) is 30.3 Å². The van der Waals surface area contributed by atoms with Gasteiger partial charge in [0, 0.05) is 30.9 Å². The zero-order valence-electron chi connectivity index (χ0n) is 20.1. The van der Waals surface area contributed by atoms with Gasteiger partial charge in [0.25, 0.3) is 0 Å². The molecule has 0 bridgehead atoms. The minimum Gasteiger partial charge on any atom is -0.488 e. The average molecular weight is 459 g/mol. The van der Waals surface area contributed by atoms with Crippen LogP contribution in [0, 0.1) is 6.92 Å². The molecule has 1 aliphatic heterocycles. The maximum atomic E-state index is 12.4. The molecule has 0 radical (unpaired) electrons. The normalized spacial score (nSPS) is 17.0. The fourth-order valence-corrected chi connectivity index (χ4v) is 4.47. The Morgan fingerprint density at radius 2 is 1.91 bits per heavy atom. The lowest BCUT2D eigenvalue weighted by Gasteiger charge is -2.39. The second kappa shape index (κ2) is 11.7. The summed E-state index contributed by atoms with van der Waals surface area (Å²) in [6, 6.07) is 9.78. The van der Waals surface area contributed by atoms with Gasteiger partial charge in [-0.15, -0.1) is 0 Å². The van der Waals surface area contributed by atoms with E-state index < -0.39 is 17.7 Å². The molecule has 0 spiro atoms. The number of nitrogens with one attached hydrogen (secondary N) is 1. The van der Waals surface area contributed by atoms with Gasteiger partial charge in [0.05, 0.1) is 12.2 Å². The van der Waals surface area contributed by atoms with Crippen molar-refractivity contribution >= 4 is 5.97 Å². The molecule has 2 heterocycles. The van der Waals surface area contributed by atoms with E-state index in [0.29, 0.717) is 43.9 Å². The van der Waals surface area contributed by atoms with Crippen LogP contribution in [0.1, 0.15) is 66.8 Å². The number of likely N-dealkylation sites (tertiary alicyclic amines) is 1. The van der Waals surface area contributed by atoms with Gasteiger partial charge in [-0.2, -0.15) is 0 Å². The number of aliphatic hydroxyl groups is 2. The highest BCUT2D eigenvalue weighted by Gasteiger charge is 2.34. The highest BCUT2D eigenvalue weighted by molar-refractivity contribution is 5.91. The van der Waals surface area contributed by atoms with Crippen molar-refractivity contribution in [3.05, 3.63) is 52.8 Å². The summed E-state index contributed by atoms with van der Waals surface area (Å²) in [6.07, 6.45) is 3.35. The summed E-state index contributed by atoms with van der Waals surface area (Å²) in [5.74, 6) is 0.0552. The summed E-state index contributed by atoms with van der Waals surface area (Å²) < 4.78 is 11.2. The Balaban J connectivity index is 1.58. The van der Waals surface area contributed by atoms with Crippen LogP contribution in [-0.4, -0.2) is 65.0 Å². The van der Waals surface area contributed by atoms with E-state index in [1.165, 1.54) is 0 Å². The number of ether oxygens (including phenoxy) is 2. The molecule has 1 aromatic heterocycles. The van der Waals surface area contributed by atoms with Gasteiger partial charge in [0.1, 0.15) is 12.7 Å². The number of piperidine rings is 1. The number of carbonyl (C=O) groups excluding carboxylic acids is 1. The van der Waals surface area contributed by atoms with E-state index in [4.69, 9.17) is 9.47 Å². The molecule has 1 atom stereocenters. The molecular weight excluding hydrogens is 420 g/mol. The minimum absolute atomic E-state index is 0.0856. The molecule has 1 fully saturated rings. The molecular formula is C26H38N2O5. The number of aryl methyl sites for hydroxylation is 1. The molecule has 3 N–H and O–H groups in total. The van der Waals surface area contributed by atoms with Crippen LogP contribution >= 0.6 is 0 Å². The third-order valence-electron chi connectivity index (χ3n) is 6.41. The Labute approximate surface area is 196 Å². The van der Waals surface area contributed by atoms with Crippen LogP contribution < -0.4 is 4.74 Å². The monoisotopic (exact) mass is 458 g/mol. The molecule has 1 saturated heterocycles. The molecule has 0 amide bonds. The molecule has 33 heavy (non-hydrogen) atoms. The molecule has 0 saturated carbocycles. The first-order valence-corrected chi connectivity index (χ1v) is 12.1. The number of aliphatic hydroxyl groups excluding tert-OH is 1. The number of benzene rings is 1. The smallest absolute Gasteiger partial charge is 0.358 e. The molecule has 1 unspecified atom stereocenters. The standard InChI is InChI=1S/C26H38N2O5/c1-4-6-12-22-19(3)27-23(25(30)32-5-2)24(22)33-18-21(29)17-28-15-13-26(31,14-16-28)20-10-8-7-9-11-20/h7-11,21,27,29,31H,4-6,12-18H2,1-3H3. The number of nitrogens with zero attached hydrogens (tertiary/aromatic N) is 1. The minimum atomic E-state index is -0.815. The number of β-amino-alcohol motifs (C(OH)–C–C–N with tert-alkyl or cyclic N) is 1. The van der Waals surface area contributed by atoms with E-state index >= 15 is 0 Å². The molecule has 2 aromatic rings.